The summed E-state index contributed by atoms with van der Waals surface area (Å²) < 4.78 is 25.9. The van der Waals surface area contributed by atoms with Crippen molar-refractivity contribution in [1.29, 1.82) is 0 Å². The molecule has 0 radical (unpaired) electrons. The molecule has 18 heavy (non-hydrogen) atoms. The van der Waals surface area contributed by atoms with E-state index in [1.165, 1.54) is 6.20 Å². The first-order chi connectivity index (χ1) is 8.60. The third-order valence-corrected chi connectivity index (χ3v) is 6.23. The number of hydrogen-bond acceptors (Lipinski definition) is 3. The maximum atomic E-state index is 13.8. The Balaban J connectivity index is 1.97. The van der Waals surface area contributed by atoms with Crippen molar-refractivity contribution >= 4 is 10.8 Å². The molecule has 2 atom stereocenters. The van der Waals surface area contributed by atoms with Gasteiger partial charge in [0.2, 0.25) is 0 Å². The van der Waals surface area contributed by atoms with Crippen LogP contribution in [0.5, 0.6) is 0 Å². The van der Waals surface area contributed by atoms with Gasteiger partial charge in [0, 0.05) is 33.1 Å². The van der Waals surface area contributed by atoms with Gasteiger partial charge in [0.25, 0.3) is 0 Å². The number of aliphatic hydroxyl groups is 1. The Hall–Kier alpha value is -0.810. The fourth-order valence-corrected chi connectivity index (χ4v) is 5.48. The maximum absolute atomic E-state index is 13.8. The monoisotopic (exact) mass is 269 g/mol. The summed E-state index contributed by atoms with van der Waals surface area (Å²) in [6.07, 6.45) is 6.24. The molecular formula is C13H16FNO2S. The molecule has 5 heteroatoms. The summed E-state index contributed by atoms with van der Waals surface area (Å²) in [4.78, 5) is 3.71. The lowest BCUT2D eigenvalue weighted by molar-refractivity contribution is 0.00325. The Bertz CT molecular complexity index is 478. The highest BCUT2D eigenvalue weighted by molar-refractivity contribution is 7.86. The van der Waals surface area contributed by atoms with Gasteiger partial charge < -0.3 is 5.11 Å². The van der Waals surface area contributed by atoms with E-state index in [1.54, 1.807) is 6.07 Å². The first kappa shape index (κ1) is 12.2. The van der Waals surface area contributed by atoms with Crippen molar-refractivity contribution in [3.05, 3.63) is 29.8 Å². The molecule has 0 spiro atoms. The molecule has 3 nitrogen and oxygen atoms in total. The van der Waals surface area contributed by atoms with Gasteiger partial charge in [-0.05, 0) is 31.7 Å². The van der Waals surface area contributed by atoms with Gasteiger partial charge in [-0.1, -0.05) is 6.42 Å². The van der Waals surface area contributed by atoms with Crippen LogP contribution in [-0.4, -0.2) is 24.8 Å². The number of pyridine rings is 1. The molecule has 0 amide bonds. The van der Waals surface area contributed by atoms with Gasteiger partial charge in [-0.25, -0.2) is 4.39 Å². The van der Waals surface area contributed by atoms with Crippen LogP contribution < -0.4 is 0 Å². The summed E-state index contributed by atoms with van der Waals surface area (Å²) in [5, 5.41) is 10.8. The van der Waals surface area contributed by atoms with Gasteiger partial charge >= 0.3 is 0 Å². The lowest BCUT2D eigenvalue weighted by Gasteiger charge is -2.43. The van der Waals surface area contributed by atoms with Gasteiger partial charge in [-0.3, -0.25) is 9.19 Å². The molecule has 3 rings (SSSR count). The summed E-state index contributed by atoms with van der Waals surface area (Å²) in [5.41, 5.74) is -0.859. The second-order valence-electron chi connectivity index (χ2n) is 5.30. The van der Waals surface area contributed by atoms with E-state index in [9.17, 15) is 13.7 Å². The van der Waals surface area contributed by atoms with Crippen LogP contribution in [-0.2, 0) is 16.4 Å². The lowest BCUT2D eigenvalue weighted by atomic mass is 9.80. The Morgan fingerprint density at radius 3 is 2.67 bits per heavy atom. The minimum atomic E-state index is -1.17. The van der Waals surface area contributed by atoms with E-state index in [2.05, 4.69) is 4.98 Å². The first-order valence-electron chi connectivity index (χ1n) is 6.32. The van der Waals surface area contributed by atoms with Crippen molar-refractivity contribution in [2.45, 2.75) is 48.2 Å². The van der Waals surface area contributed by atoms with Crippen molar-refractivity contribution in [2.75, 3.05) is 0 Å². The van der Waals surface area contributed by atoms with Gasteiger partial charge in [-0.2, -0.15) is 0 Å². The van der Waals surface area contributed by atoms with E-state index < -0.39 is 22.2 Å². The fourth-order valence-electron chi connectivity index (χ4n) is 3.26. The molecule has 2 aliphatic heterocycles. The first-order valence-corrected chi connectivity index (χ1v) is 7.59. The lowest BCUT2D eigenvalue weighted by Crippen LogP contribution is -2.47. The third kappa shape index (κ3) is 1.89. The molecule has 2 aliphatic rings. The zero-order valence-corrected chi connectivity index (χ0v) is 10.8. The van der Waals surface area contributed by atoms with Crippen molar-refractivity contribution < 1.29 is 13.7 Å². The maximum Gasteiger partial charge on any atom is 0.147 e. The number of halogens is 1. The average molecular weight is 269 g/mol. The van der Waals surface area contributed by atoms with Crippen LogP contribution in [0.4, 0.5) is 4.39 Å². The smallest absolute Gasteiger partial charge is 0.147 e. The normalized spacial score (nSPS) is 39.6. The van der Waals surface area contributed by atoms with E-state index >= 15 is 0 Å². The van der Waals surface area contributed by atoms with E-state index in [4.69, 9.17) is 0 Å². The summed E-state index contributed by atoms with van der Waals surface area (Å²) in [6.45, 7) is 0. The van der Waals surface area contributed by atoms with E-state index in [-0.39, 0.29) is 10.5 Å². The summed E-state index contributed by atoms with van der Waals surface area (Å²) in [7, 11) is -0.861. The number of hydrogen-bond donors (Lipinski definition) is 1. The van der Waals surface area contributed by atoms with Crippen LogP contribution in [0.25, 0.3) is 0 Å². The minimum Gasteiger partial charge on any atom is -0.385 e. The Morgan fingerprint density at radius 2 is 2.06 bits per heavy atom. The molecule has 2 unspecified atom stereocenters. The van der Waals surface area contributed by atoms with E-state index in [0.29, 0.717) is 18.4 Å². The predicted octanol–water partition coefficient (Wildman–Crippen LogP) is 1.87. The summed E-state index contributed by atoms with van der Waals surface area (Å²) >= 11 is 0. The Kier molecular flexibility index (Phi) is 2.98. The molecule has 0 saturated carbocycles. The fraction of sp³-hybridized carbons (Fsp3) is 0.615. The van der Waals surface area contributed by atoms with Crippen LogP contribution in [0.15, 0.2) is 18.5 Å². The molecule has 0 aromatic carbocycles. The van der Waals surface area contributed by atoms with Gasteiger partial charge in [0.15, 0.2) is 0 Å². The standard InChI is InChI=1S/C13H16FNO2S/c14-12-8-15-5-4-11(12)13(16)6-9-2-1-3-10(7-13)18(9)17/h4-5,8-10,16H,1-3,6-7H2. The highest BCUT2D eigenvalue weighted by Crippen LogP contribution is 2.44. The Labute approximate surface area is 108 Å². The van der Waals surface area contributed by atoms with Gasteiger partial charge in [0.05, 0.1) is 11.8 Å². The average Bonchev–Trinajstić information content (AvgIpc) is 2.32. The van der Waals surface area contributed by atoms with Crippen LogP contribution in [0.1, 0.15) is 37.7 Å². The Morgan fingerprint density at radius 1 is 1.39 bits per heavy atom. The molecule has 1 N–H and O–H groups in total. The third-order valence-electron chi connectivity index (χ3n) is 4.11. The molecule has 2 bridgehead atoms. The molecule has 1 aromatic heterocycles. The highest BCUT2D eigenvalue weighted by atomic mass is 32.2. The van der Waals surface area contributed by atoms with Crippen molar-refractivity contribution in [3.63, 3.8) is 0 Å². The largest absolute Gasteiger partial charge is 0.385 e. The molecule has 1 aromatic rings. The topological polar surface area (TPSA) is 50.2 Å². The summed E-state index contributed by atoms with van der Waals surface area (Å²) in [6, 6.07) is 1.54. The SMILES string of the molecule is O=S1C2CCCC1CC(O)(c1ccncc1F)C2. The van der Waals surface area contributed by atoms with Crippen molar-refractivity contribution in [3.8, 4) is 0 Å². The number of aromatic nitrogens is 1. The number of fused-ring (bicyclic) bond motifs is 2. The van der Waals surface area contributed by atoms with Gasteiger partial charge in [0.1, 0.15) is 5.82 Å². The zero-order chi connectivity index (χ0) is 12.8. The second-order valence-corrected chi connectivity index (χ2v) is 7.29. The van der Waals surface area contributed by atoms with E-state index in [1.807, 2.05) is 0 Å². The molecule has 2 fully saturated rings. The number of rotatable bonds is 1. The van der Waals surface area contributed by atoms with Gasteiger partial charge in [-0.15, -0.1) is 0 Å². The molecule has 2 saturated heterocycles. The van der Waals surface area contributed by atoms with Crippen LogP contribution >= 0.6 is 0 Å². The molecule has 0 aliphatic carbocycles. The minimum absolute atomic E-state index is 0.00932. The predicted molar refractivity (Wildman–Crippen MR) is 66.9 cm³/mol. The van der Waals surface area contributed by atoms with Crippen molar-refractivity contribution in [1.82, 2.24) is 4.98 Å². The van der Waals surface area contributed by atoms with Crippen LogP contribution in [0.2, 0.25) is 0 Å². The molecule has 3 heterocycles. The highest BCUT2D eigenvalue weighted by Gasteiger charge is 2.47. The van der Waals surface area contributed by atoms with Crippen molar-refractivity contribution in [2.24, 2.45) is 0 Å². The number of nitrogens with zero attached hydrogens (tertiary/aromatic N) is 1. The zero-order valence-electron chi connectivity index (χ0n) is 10.0. The second kappa shape index (κ2) is 4.38. The molecule has 98 valence electrons. The quantitative estimate of drug-likeness (QED) is 0.846. The molecular weight excluding hydrogens is 253 g/mol. The summed E-state index contributed by atoms with van der Waals surface area (Å²) in [5.74, 6) is -0.467. The van der Waals surface area contributed by atoms with E-state index in [0.717, 1.165) is 25.5 Å². The van der Waals surface area contributed by atoms with Crippen LogP contribution in [0.3, 0.4) is 0 Å². The van der Waals surface area contributed by atoms with Crippen LogP contribution in [0, 0.1) is 5.82 Å².